The average Bonchev–Trinajstić information content (AvgIpc) is 3.46. The highest BCUT2D eigenvalue weighted by Gasteiger charge is 2.15. The van der Waals surface area contributed by atoms with Crippen LogP contribution in [0.15, 0.2) is 89.6 Å². The second-order valence-corrected chi connectivity index (χ2v) is 6.54. The lowest BCUT2D eigenvalue weighted by molar-refractivity contribution is -0.119. The first-order valence-electron chi connectivity index (χ1n) is 9.52. The van der Waals surface area contributed by atoms with Crippen molar-refractivity contribution >= 4 is 17.6 Å². The van der Waals surface area contributed by atoms with E-state index in [1.165, 1.54) is 6.07 Å². The van der Waals surface area contributed by atoms with Gasteiger partial charge in [-0.05, 0) is 42.5 Å². The van der Waals surface area contributed by atoms with Gasteiger partial charge < -0.3 is 19.2 Å². The number of rotatable bonds is 8. The van der Waals surface area contributed by atoms with Gasteiger partial charge in [-0.25, -0.2) is 4.79 Å². The molecule has 0 atom stereocenters. The second-order valence-electron chi connectivity index (χ2n) is 6.54. The molecule has 2 aromatic carbocycles. The molecule has 4 aromatic rings. The van der Waals surface area contributed by atoms with Crippen molar-refractivity contribution in [1.29, 1.82) is 0 Å². The van der Waals surface area contributed by atoms with Crippen molar-refractivity contribution in [1.82, 2.24) is 9.78 Å². The van der Waals surface area contributed by atoms with Crippen LogP contribution in [0.5, 0.6) is 11.5 Å². The molecule has 0 spiro atoms. The lowest BCUT2D eigenvalue weighted by Crippen LogP contribution is -2.20. The van der Waals surface area contributed by atoms with Gasteiger partial charge in [-0.15, -0.1) is 0 Å². The largest absolute Gasteiger partial charge is 0.457 e. The van der Waals surface area contributed by atoms with Crippen LogP contribution in [0.1, 0.15) is 16.3 Å². The molecule has 8 heteroatoms. The van der Waals surface area contributed by atoms with Crippen molar-refractivity contribution < 1.29 is 23.5 Å². The Morgan fingerprint density at radius 3 is 2.61 bits per heavy atom. The fraction of sp³-hybridized carbons (Fsp3) is 0.0870. The minimum absolute atomic E-state index is 0.0215. The molecule has 0 unspecified atom stereocenters. The van der Waals surface area contributed by atoms with E-state index in [9.17, 15) is 9.59 Å². The third-order valence-corrected chi connectivity index (χ3v) is 4.17. The molecule has 8 nitrogen and oxygen atoms in total. The number of anilines is 1. The van der Waals surface area contributed by atoms with E-state index in [4.69, 9.17) is 13.9 Å². The number of amides is 1. The molecule has 1 N–H and O–H groups in total. The van der Waals surface area contributed by atoms with Crippen molar-refractivity contribution in [2.24, 2.45) is 0 Å². The molecule has 0 aliphatic carbocycles. The van der Waals surface area contributed by atoms with Crippen LogP contribution in [0.4, 0.5) is 5.69 Å². The van der Waals surface area contributed by atoms with E-state index in [2.05, 4.69) is 10.4 Å². The Balaban J connectivity index is 1.28. The molecule has 4 rings (SSSR count). The number of nitrogens with one attached hydrogen (secondary N) is 1. The Morgan fingerprint density at radius 2 is 1.81 bits per heavy atom. The van der Waals surface area contributed by atoms with Crippen LogP contribution in [0.3, 0.4) is 0 Å². The normalized spacial score (nSPS) is 10.5. The molecule has 0 aliphatic heterocycles. The van der Waals surface area contributed by atoms with Crippen molar-refractivity contribution in [3.63, 3.8) is 0 Å². The number of benzene rings is 2. The van der Waals surface area contributed by atoms with Crippen molar-refractivity contribution in [2.75, 3.05) is 11.9 Å². The zero-order valence-electron chi connectivity index (χ0n) is 16.4. The van der Waals surface area contributed by atoms with Crippen LogP contribution < -0.4 is 10.1 Å². The summed E-state index contributed by atoms with van der Waals surface area (Å²) in [6.45, 7) is -0.0556. The third-order valence-electron chi connectivity index (χ3n) is 4.17. The number of carbonyl (C=O) groups excluding carboxylic acids is 2. The Labute approximate surface area is 178 Å². The smallest absolute Gasteiger partial charge is 0.374 e. The molecule has 0 saturated carbocycles. The summed E-state index contributed by atoms with van der Waals surface area (Å²) in [4.78, 5) is 24.3. The molecule has 0 radical (unpaired) electrons. The van der Waals surface area contributed by atoms with Crippen LogP contribution in [0, 0.1) is 0 Å². The molecule has 156 valence electrons. The van der Waals surface area contributed by atoms with E-state index in [0.29, 0.717) is 29.5 Å². The molecule has 0 bridgehead atoms. The maximum Gasteiger partial charge on any atom is 0.374 e. The highest BCUT2D eigenvalue weighted by atomic mass is 16.5. The van der Waals surface area contributed by atoms with E-state index in [0.717, 1.165) is 0 Å². The summed E-state index contributed by atoms with van der Waals surface area (Å²) in [5, 5.41) is 6.74. The topological polar surface area (TPSA) is 95.6 Å². The van der Waals surface area contributed by atoms with Gasteiger partial charge in [0.25, 0.3) is 5.91 Å². The summed E-state index contributed by atoms with van der Waals surface area (Å²) in [6, 6.07) is 21.2. The Hall–Kier alpha value is -4.33. The first-order chi connectivity index (χ1) is 15.2. The lowest BCUT2D eigenvalue weighted by Gasteiger charge is -2.09. The van der Waals surface area contributed by atoms with Gasteiger partial charge >= 0.3 is 5.97 Å². The van der Waals surface area contributed by atoms with E-state index in [-0.39, 0.29) is 5.76 Å². The van der Waals surface area contributed by atoms with Gasteiger partial charge in [-0.1, -0.05) is 24.3 Å². The summed E-state index contributed by atoms with van der Waals surface area (Å²) in [5.74, 6) is 0.631. The number of para-hydroxylation sites is 1. The molecule has 2 aromatic heterocycles. The van der Waals surface area contributed by atoms with Crippen LogP contribution in [0.2, 0.25) is 0 Å². The average molecular weight is 417 g/mol. The zero-order chi connectivity index (χ0) is 21.5. The lowest BCUT2D eigenvalue weighted by atomic mass is 10.3. The SMILES string of the molecule is O=C(COC(=O)c1ccc(Cn2cccn2)o1)Nc1cccc(Oc2ccccc2)c1. The van der Waals surface area contributed by atoms with Crippen molar-refractivity contribution in [3.05, 3.63) is 96.7 Å². The minimum atomic E-state index is -0.719. The summed E-state index contributed by atoms with van der Waals surface area (Å²) in [7, 11) is 0. The molecule has 0 saturated heterocycles. The number of esters is 1. The molecule has 2 heterocycles. The molecule has 0 fully saturated rings. The van der Waals surface area contributed by atoms with Gasteiger partial charge in [0.2, 0.25) is 5.76 Å². The summed E-state index contributed by atoms with van der Waals surface area (Å²) >= 11 is 0. The van der Waals surface area contributed by atoms with Crippen molar-refractivity contribution in [3.8, 4) is 11.5 Å². The molecular formula is C23H19N3O5. The van der Waals surface area contributed by atoms with Gasteiger partial charge in [0.1, 0.15) is 17.3 Å². The fourth-order valence-electron chi connectivity index (χ4n) is 2.79. The molecule has 31 heavy (non-hydrogen) atoms. The highest BCUT2D eigenvalue weighted by molar-refractivity contribution is 5.94. The number of furan rings is 1. The summed E-state index contributed by atoms with van der Waals surface area (Å²) in [5.41, 5.74) is 0.522. The molecule has 1 amide bonds. The van der Waals surface area contributed by atoms with Crippen LogP contribution >= 0.6 is 0 Å². The zero-order valence-corrected chi connectivity index (χ0v) is 16.4. The third kappa shape index (κ3) is 5.60. The second kappa shape index (κ2) is 9.45. The van der Waals surface area contributed by atoms with Crippen molar-refractivity contribution in [2.45, 2.75) is 6.54 Å². The van der Waals surface area contributed by atoms with Crippen LogP contribution in [-0.2, 0) is 16.1 Å². The first-order valence-corrected chi connectivity index (χ1v) is 9.52. The maximum absolute atomic E-state index is 12.2. The quantitative estimate of drug-likeness (QED) is 0.434. The standard InChI is InChI=1S/C23H19N3O5/c27-22(25-17-6-4-9-19(14-17)30-18-7-2-1-3-8-18)16-29-23(28)21-11-10-20(31-21)15-26-13-5-12-24-26/h1-14H,15-16H2,(H,25,27). The summed E-state index contributed by atoms with van der Waals surface area (Å²) in [6.07, 6.45) is 3.44. The number of hydrogen-bond donors (Lipinski definition) is 1. The monoisotopic (exact) mass is 417 g/mol. The first kappa shape index (κ1) is 20.0. The van der Waals surface area contributed by atoms with Gasteiger partial charge in [0, 0.05) is 24.1 Å². The number of hydrogen-bond acceptors (Lipinski definition) is 6. The fourth-order valence-corrected chi connectivity index (χ4v) is 2.79. The van der Waals surface area contributed by atoms with Gasteiger partial charge in [0.15, 0.2) is 6.61 Å². The number of aromatic nitrogens is 2. The Kier molecular flexibility index (Phi) is 6.08. The maximum atomic E-state index is 12.2. The molecule has 0 aliphatic rings. The number of nitrogens with zero attached hydrogens (tertiary/aromatic N) is 2. The Bertz CT molecular complexity index is 1150. The highest BCUT2D eigenvalue weighted by Crippen LogP contribution is 2.23. The van der Waals surface area contributed by atoms with E-state index >= 15 is 0 Å². The molecular weight excluding hydrogens is 398 g/mol. The van der Waals surface area contributed by atoms with Crippen LogP contribution in [-0.4, -0.2) is 28.3 Å². The number of carbonyl (C=O) groups is 2. The minimum Gasteiger partial charge on any atom is -0.457 e. The van der Waals surface area contributed by atoms with Gasteiger partial charge in [-0.2, -0.15) is 5.10 Å². The summed E-state index contributed by atoms with van der Waals surface area (Å²) < 4.78 is 17.9. The van der Waals surface area contributed by atoms with Gasteiger partial charge in [-0.3, -0.25) is 9.48 Å². The number of ether oxygens (including phenoxy) is 2. The Morgan fingerprint density at radius 1 is 0.968 bits per heavy atom. The van der Waals surface area contributed by atoms with Gasteiger partial charge in [0.05, 0.1) is 6.54 Å². The predicted molar refractivity (Wildman–Crippen MR) is 112 cm³/mol. The van der Waals surface area contributed by atoms with E-state index in [1.54, 1.807) is 53.5 Å². The predicted octanol–water partition coefficient (Wildman–Crippen LogP) is 4.11. The van der Waals surface area contributed by atoms with E-state index < -0.39 is 18.5 Å². The van der Waals surface area contributed by atoms with E-state index in [1.807, 2.05) is 30.3 Å². The van der Waals surface area contributed by atoms with Crippen LogP contribution in [0.25, 0.3) is 0 Å².